The normalized spacial score (nSPS) is 15.5. The van der Waals surface area contributed by atoms with E-state index in [2.05, 4.69) is 63.6 Å². The Hall–Kier alpha value is -0.255. The first-order chi connectivity index (χ1) is 9.67. The van der Waals surface area contributed by atoms with E-state index in [1.165, 1.54) is 0 Å². The molecule has 1 atom stereocenters. The molecule has 0 amide bonds. The van der Waals surface area contributed by atoms with Crippen LogP contribution in [0, 0.1) is 0 Å². The smallest absolute Gasteiger partial charge is 0.310 e. The first-order valence-electron chi connectivity index (χ1n) is 7.87. The van der Waals surface area contributed by atoms with Gasteiger partial charge in [-0.3, -0.25) is 4.99 Å². The molecule has 0 rings (SSSR count). The zero-order valence-electron chi connectivity index (χ0n) is 14.9. The van der Waals surface area contributed by atoms with Gasteiger partial charge in [-0.1, -0.05) is 13.0 Å². The SMILES string of the molecule is C/C=C(BOC(C)(C)C(C)(C)S)\C=N/C(CC)CCNC. The Kier molecular flexibility index (Phi) is 9.58. The number of hydrogen-bond donors (Lipinski definition) is 2. The number of allylic oxidation sites excluding steroid dienone is 2. The lowest BCUT2D eigenvalue weighted by atomic mass is 9.83. The summed E-state index contributed by atoms with van der Waals surface area (Å²) in [5, 5.41) is 3.17. The monoisotopic (exact) mass is 312 g/mol. The highest BCUT2D eigenvalue weighted by Gasteiger charge is 2.34. The zero-order valence-corrected chi connectivity index (χ0v) is 15.8. The minimum absolute atomic E-state index is 0.193. The van der Waals surface area contributed by atoms with Crippen molar-refractivity contribution in [2.24, 2.45) is 4.99 Å². The van der Waals surface area contributed by atoms with E-state index < -0.39 is 0 Å². The summed E-state index contributed by atoms with van der Waals surface area (Å²) < 4.78 is 5.85. The van der Waals surface area contributed by atoms with Crippen LogP contribution in [0.5, 0.6) is 0 Å². The lowest BCUT2D eigenvalue weighted by Gasteiger charge is -2.38. The van der Waals surface area contributed by atoms with Gasteiger partial charge in [0.05, 0.1) is 11.6 Å². The van der Waals surface area contributed by atoms with Crippen LogP contribution < -0.4 is 5.32 Å². The summed E-state index contributed by atoms with van der Waals surface area (Å²) in [5.41, 5.74) is 0.817. The molecule has 1 N–H and O–H groups in total. The minimum atomic E-state index is -0.297. The van der Waals surface area contributed by atoms with Gasteiger partial charge in [-0.15, -0.1) is 0 Å². The summed E-state index contributed by atoms with van der Waals surface area (Å²) in [6.07, 6.45) is 6.16. The van der Waals surface area contributed by atoms with E-state index in [4.69, 9.17) is 4.65 Å². The van der Waals surface area contributed by atoms with Gasteiger partial charge in [0.2, 0.25) is 0 Å². The molecule has 0 fully saturated rings. The molecule has 0 aromatic rings. The molecule has 122 valence electrons. The van der Waals surface area contributed by atoms with Gasteiger partial charge in [0.15, 0.2) is 0 Å². The molecule has 0 heterocycles. The predicted molar refractivity (Wildman–Crippen MR) is 100 cm³/mol. The summed E-state index contributed by atoms with van der Waals surface area (Å²) >= 11 is 4.62. The molecular formula is C16H33BN2OS. The molecule has 0 aliphatic heterocycles. The average Bonchev–Trinajstić information content (AvgIpc) is 2.40. The highest BCUT2D eigenvalue weighted by molar-refractivity contribution is 7.81. The Labute approximate surface area is 137 Å². The third-order valence-corrected chi connectivity index (χ3v) is 4.63. The Morgan fingerprint density at radius 2 is 2.00 bits per heavy atom. The standard InChI is InChI=1S/C16H33BN2OS/c1-8-13(12-19-14(9-2)10-11-18-7)17-20-15(3,4)16(5,6)21/h8,12,14,17-18,21H,9-11H2,1-7H3/b13-8+,19-12-. The fourth-order valence-electron chi connectivity index (χ4n) is 1.53. The number of rotatable bonds is 10. The Bertz CT molecular complexity index is 349. The van der Waals surface area contributed by atoms with Gasteiger partial charge in [0.1, 0.15) is 0 Å². The van der Waals surface area contributed by atoms with Gasteiger partial charge in [-0.2, -0.15) is 12.6 Å². The Balaban J connectivity index is 4.54. The van der Waals surface area contributed by atoms with Crippen molar-refractivity contribution in [2.75, 3.05) is 13.6 Å². The van der Waals surface area contributed by atoms with Crippen molar-refractivity contribution in [3.8, 4) is 0 Å². The van der Waals surface area contributed by atoms with Crippen molar-refractivity contribution < 1.29 is 4.65 Å². The average molecular weight is 312 g/mol. The first-order valence-corrected chi connectivity index (χ1v) is 8.32. The molecule has 5 heteroatoms. The molecule has 1 unspecified atom stereocenters. The van der Waals surface area contributed by atoms with Gasteiger partial charge in [-0.05, 0) is 66.5 Å². The molecule has 0 saturated heterocycles. The second-order valence-electron chi connectivity index (χ2n) is 6.45. The molecule has 21 heavy (non-hydrogen) atoms. The fourth-order valence-corrected chi connectivity index (χ4v) is 1.60. The Morgan fingerprint density at radius 3 is 2.43 bits per heavy atom. The second kappa shape index (κ2) is 9.70. The Morgan fingerprint density at radius 1 is 1.38 bits per heavy atom. The zero-order chi connectivity index (χ0) is 16.5. The summed E-state index contributed by atoms with van der Waals surface area (Å²) in [6, 6.07) is 0.377. The van der Waals surface area contributed by atoms with Crippen LogP contribution in [-0.2, 0) is 4.65 Å². The molecule has 0 aromatic heterocycles. The van der Waals surface area contributed by atoms with E-state index in [1.54, 1.807) is 0 Å². The van der Waals surface area contributed by atoms with E-state index in [9.17, 15) is 0 Å². The summed E-state index contributed by atoms with van der Waals surface area (Å²) in [4.78, 5) is 4.68. The highest BCUT2D eigenvalue weighted by atomic mass is 32.1. The molecule has 0 aliphatic rings. The van der Waals surface area contributed by atoms with Crippen LogP contribution in [0.15, 0.2) is 16.5 Å². The molecule has 0 saturated carbocycles. The van der Waals surface area contributed by atoms with E-state index in [-0.39, 0.29) is 10.3 Å². The third kappa shape index (κ3) is 8.08. The lowest BCUT2D eigenvalue weighted by molar-refractivity contribution is 0.0848. The quantitative estimate of drug-likeness (QED) is 0.369. The van der Waals surface area contributed by atoms with E-state index in [0.717, 1.165) is 24.9 Å². The number of hydrogen-bond acceptors (Lipinski definition) is 4. The molecular weight excluding hydrogens is 279 g/mol. The van der Waals surface area contributed by atoms with Gasteiger partial charge < -0.3 is 9.97 Å². The van der Waals surface area contributed by atoms with Gasteiger partial charge in [-0.25, -0.2) is 0 Å². The van der Waals surface area contributed by atoms with Crippen molar-refractivity contribution in [3.63, 3.8) is 0 Å². The number of aliphatic imine (C=N–C) groups is 1. The molecule has 0 aliphatic carbocycles. The third-order valence-electron chi connectivity index (χ3n) is 4.09. The van der Waals surface area contributed by atoms with Crippen molar-refractivity contribution in [1.82, 2.24) is 5.32 Å². The number of nitrogens with one attached hydrogen (secondary N) is 1. The van der Waals surface area contributed by atoms with Crippen molar-refractivity contribution in [1.29, 1.82) is 0 Å². The maximum Gasteiger partial charge on any atom is 0.310 e. The summed E-state index contributed by atoms with van der Waals surface area (Å²) in [5.74, 6) is 0. The largest absolute Gasteiger partial charge is 0.428 e. The maximum absolute atomic E-state index is 6.05. The number of thiol groups is 1. The molecule has 0 bridgehead atoms. The van der Waals surface area contributed by atoms with Gasteiger partial charge in [0.25, 0.3) is 0 Å². The molecule has 0 spiro atoms. The van der Waals surface area contributed by atoms with Crippen molar-refractivity contribution in [3.05, 3.63) is 11.5 Å². The van der Waals surface area contributed by atoms with E-state index >= 15 is 0 Å². The van der Waals surface area contributed by atoms with E-state index in [1.807, 2.05) is 20.2 Å². The van der Waals surface area contributed by atoms with Crippen LogP contribution in [0.4, 0.5) is 0 Å². The van der Waals surface area contributed by atoms with Crippen LogP contribution in [0.25, 0.3) is 0 Å². The van der Waals surface area contributed by atoms with Crippen LogP contribution in [0.2, 0.25) is 0 Å². The van der Waals surface area contributed by atoms with Crippen LogP contribution in [0.3, 0.4) is 0 Å². The van der Waals surface area contributed by atoms with Crippen LogP contribution in [-0.4, -0.2) is 43.7 Å². The molecule has 0 radical (unpaired) electrons. The first kappa shape index (κ1) is 20.7. The second-order valence-corrected chi connectivity index (χ2v) is 7.57. The van der Waals surface area contributed by atoms with Crippen molar-refractivity contribution in [2.45, 2.75) is 70.8 Å². The maximum atomic E-state index is 6.05. The lowest BCUT2D eigenvalue weighted by Crippen LogP contribution is -2.44. The van der Waals surface area contributed by atoms with Gasteiger partial charge in [0, 0.05) is 11.0 Å². The fraction of sp³-hybridized carbons (Fsp3) is 0.812. The highest BCUT2D eigenvalue weighted by Crippen LogP contribution is 2.30. The summed E-state index contributed by atoms with van der Waals surface area (Å²) in [7, 11) is 2.54. The topological polar surface area (TPSA) is 33.6 Å². The molecule has 3 nitrogen and oxygen atoms in total. The van der Waals surface area contributed by atoms with E-state index in [0.29, 0.717) is 13.5 Å². The summed E-state index contributed by atoms with van der Waals surface area (Å²) in [6.45, 7) is 13.5. The van der Waals surface area contributed by atoms with Crippen LogP contribution >= 0.6 is 12.6 Å². The van der Waals surface area contributed by atoms with Crippen molar-refractivity contribution >= 4 is 26.3 Å². The van der Waals surface area contributed by atoms with Crippen LogP contribution in [0.1, 0.15) is 54.4 Å². The number of nitrogens with zero attached hydrogens (tertiary/aromatic N) is 1. The predicted octanol–water partition coefficient (Wildman–Crippen LogP) is 3.20. The minimum Gasteiger partial charge on any atom is -0.428 e. The van der Waals surface area contributed by atoms with Gasteiger partial charge >= 0.3 is 7.48 Å². The molecule has 0 aromatic carbocycles.